The lowest BCUT2D eigenvalue weighted by molar-refractivity contribution is 1.18. The minimum Gasteiger partial charge on any atom is -0.361 e. The van der Waals surface area contributed by atoms with Crippen molar-refractivity contribution in [1.29, 1.82) is 0 Å². The van der Waals surface area contributed by atoms with E-state index in [1.165, 1.54) is 44.1 Å². The molecule has 1 aromatic heterocycles. The van der Waals surface area contributed by atoms with Crippen molar-refractivity contribution in [2.75, 3.05) is 5.32 Å². The van der Waals surface area contributed by atoms with Crippen LogP contribution in [0.25, 0.3) is 60.9 Å². The average molecular weight is 641 g/mol. The van der Waals surface area contributed by atoms with Crippen molar-refractivity contribution in [3.05, 3.63) is 218 Å². The molecule has 0 aliphatic heterocycles. The third-order valence-corrected chi connectivity index (χ3v) is 9.21. The van der Waals surface area contributed by atoms with E-state index in [0.717, 1.165) is 33.6 Å². The lowest BCUT2D eigenvalue weighted by Gasteiger charge is -2.11. The van der Waals surface area contributed by atoms with Crippen molar-refractivity contribution in [2.45, 2.75) is 0 Å². The molecule has 0 aliphatic carbocycles. The van der Waals surface area contributed by atoms with E-state index in [9.17, 15) is 0 Å². The molecular formula is C48H36N2. The maximum Gasteiger partial charge on any atom is 0.0541 e. The predicted octanol–water partition coefficient (Wildman–Crippen LogP) is 12.8. The Morgan fingerprint density at radius 3 is 1.80 bits per heavy atom. The van der Waals surface area contributed by atoms with E-state index in [-0.39, 0.29) is 0 Å². The van der Waals surface area contributed by atoms with Crippen LogP contribution in [0.15, 0.2) is 207 Å². The fourth-order valence-corrected chi connectivity index (χ4v) is 6.61. The van der Waals surface area contributed by atoms with E-state index >= 15 is 0 Å². The predicted molar refractivity (Wildman–Crippen MR) is 214 cm³/mol. The van der Waals surface area contributed by atoms with Gasteiger partial charge < -0.3 is 9.88 Å². The number of aromatic nitrogens is 1. The molecule has 0 aliphatic rings. The molecule has 0 saturated heterocycles. The van der Waals surface area contributed by atoms with Crippen molar-refractivity contribution in [3.63, 3.8) is 0 Å². The van der Waals surface area contributed by atoms with Crippen molar-refractivity contribution >= 4 is 38.6 Å². The van der Waals surface area contributed by atoms with Gasteiger partial charge in [0.05, 0.1) is 11.0 Å². The quantitative estimate of drug-likeness (QED) is 0.155. The Labute approximate surface area is 293 Å². The highest BCUT2D eigenvalue weighted by Gasteiger charge is 2.14. The van der Waals surface area contributed by atoms with E-state index in [4.69, 9.17) is 0 Å². The van der Waals surface area contributed by atoms with Crippen LogP contribution in [0.5, 0.6) is 0 Å². The Hall–Kier alpha value is -6.64. The largest absolute Gasteiger partial charge is 0.361 e. The first-order valence-corrected chi connectivity index (χ1v) is 17.0. The van der Waals surface area contributed by atoms with Gasteiger partial charge >= 0.3 is 0 Å². The number of para-hydroxylation sites is 1. The fraction of sp³-hybridized carbons (Fsp3) is 0. The van der Waals surface area contributed by atoms with Gasteiger partial charge in [0.15, 0.2) is 0 Å². The second kappa shape index (κ2) is 13.8. The highest BCUT2D eigenvalue weighted by molar-refractivity contribution is 6.10. The summed E-state index contributed by atoms with van der Waals surface area (Å²) >= 11 is 0. The van der Waals surface area contributed by atoms with Crippen molar-refractivity contribution in [1.82, 2.24) is 4.57 Å². The van der Waals surface area contributed by atoms with Gasteiger partial charge in [-0.25, -0.2) is 0 Å². The summed E-state index contributed by atoms with van der Waals surface area (Å²) in [6.07, 6.45) is 6.36. The van der Waals surface area contributed by atoms with Gasteiger partial charge in [0.1, 0.15) is 0 Å². The summed E-state index contributed by atoms with van der Waals surface area (Å²) < 4.78 is 2.37. The molecule has 2 heteroatoms. The van der Waals surface area contributed by atoms with Gasteiger partial charge in [-0.05, 0) is 87.0 Å². The van der Waals surface area contributed by atoms with Gasteiger partial charge in [-0.3, -0.25) is 0 Å². The zero-order chi connectivity index (χ0) is 33.7. The topological polar surface area (TPSA) is 17.0 Å². The highest BCUT2D eigenvalue weighted by Crippen LogP contribution is 2.35. The SMILES string of the molecule is C=C(/C=C\C(=C/Nc1cccc(-c2ccccc2)c1)c1ccc2c(c1)c1ccccc1n2-c1ccc(-c2ccccc2)cc1)c1ccccc1. The first-order valence-electron chi connectivity index (χ1n) is 17.0. The zero-order valence-electron chi connectivity index (χ0n) is 27.7. The van der Waals surface area contributed by atoms with Crippen LogP contribution in [-0.2, 0) is 0 Å². The van der Waals surface area contributed by atoms with Crippen molar-refractivity contribution in [3.8, 4) is 27.9 Å². The van der Waals surface area contributed by atoms with Crippen LogP contribution in [0.1, 0.15) is 11.1 Å². The molecular weight excluding hydrogens is 605 g/mol. The van der Waals surface area contributed by atoms with Gasteiger partial charge in [0.25, 0.3) is 0 Å². The number of nitrogens with one attached hydrogen (secondary N) is 1. The second-order valence-electron chi connectivity index (χ2n) is 12.4. The molecule has 2 nitrogen and oxygen atoms in total. The Bertz CT molecular complexity index is 2480. The average Bonchev–Trinajstić information content (AvgIpc) is 3.52. The molecule has 0 bridgehead atoms. The van der Waals surface area contributed by atoms with E-state index in [0.29, 0.717) is 0 Å². The summed E-state index contributed by atoms with van der Waals surface area (Å²) in [6.45, 7) is 4.37. The first-order chi connectivity index (χ1) is 24.7. The standard InChI is InChI=1S/C48H36N2/c1-35(36-14-5-2-6-15-36)24-25-42(34-49-43-21-13-20-40(32-43)38-18-9-4-10-19-38)41-28-31-48-46(33-41)45-22-11-12-23-47(45)50(48)44-29-26-39(27-30-44)37-16-7-3-8-17-37/h2-34,49H,1H2/b25-24-,42-34+. The van der Waals surface area contributed by atoms with Crippen molar-refractivity contribution < 1.29 is 0 Å². The minimum atomic E-state index is 0.958. The summed E-state index contributed by atoms with van der Waals surface area (Å²) in [5.74, 6) is 0. The second-order valence-corrected chi connectivity index (χ2v) is 12.4. The molecule has 0 amide bonds. The molecule has 0 atom stereocenters. The highest BCUT2D eigenvalue weighted by atomic mass is 15.0. The molecule has 1 heterocycles. The molecule has 7 aromatic carbocycles. The summed E-state index contributed by atoms with van der Waals surface area (Å²) in [6, 6.07) is 64.2. The third-order valence-electron chi connectivity index (χ3n) is 9.21. The number of hydrogen-bond donors (Lipinski definition) is 1. The number of fused-ring (bicyclic) bond motifs is 3. The molecule has 1 N–H and O–H groups in total. The third kappa shape index (κ3) is 6.31. The minimum absolute atomic E-state index is 0.958. The molecule has 50 heavy (non-hydrogen) atoms. The maximum atomic E-state index is 4.37. The molecule has 0 spiro atoms. The van der Waals surface area contributed by atoms with Gasteiger partial charge in [-0.1, -0.05) is 158 Å². The van der Waals surface area contributed by atoms with Gasteiger partial charge in [0.2, 0.25) is 0 Å². The Morgan fingerprint density at radius 2 is 1.06 bits per heavy atom. The summed E-state index contributed by atoms with van der Waals surface area (Å²) in [4.78, 5) is 0. The van der Waals surface area contributed by atoms with Gasteiger partial charge in [-0.2, -0.15) is 0 Å². The van der Waals surface area contributed by atoms with Crippen LogP contribution in [0, 0.1) is 0 Å². The Balaban J connectivity index is 1.20. The first kappa shape index (κ1) is 30.7. The van der Waals surface area contributed by atoms with Gasteiger partial charge in [-0.15, -0.1) is 0 Å². The fourth-order valence-electron chi connectivity index (χ4n) is 6.61. The zero-order valence-corrected chi connectivity index (χ0v) is 27.7. The van der Waals surface area contributed by atoms with E-state index in [1.54, 1.807) is 0 Å². The Morgan fingerprint density at radius 1 is 0.460 bits per heavy atom. The molecule has 238 valence electrons. The van der Waals surface area contributed by atoms with E-state index in [1.807, 2.05) is 24.3 Å². The van der Waals surface area contributed by atoms with Crippen molar-refractivity contribution in [2.24, 2.45) is 0 Å². The monoisotopic (exact) mass is 640 g/mol. The molecule has 0 unspecified atom stereocenters. The number of anilines is 1. The normalized spacial score (nSPS) is 11.7. The number of benzene rings is 7. The van der Waals surface area contributed by atoms with Crippen LogP contribution in [0.2, 0.25) is 0 Å². The van der Waals surface area contributed by atoms with Crippen LogP contribution < -0.4 is 5.32 Å². The van der Waals surface area contributed by atoms with Crippen LogP contribution in [-0.4, -0.2) is 4.57 Å². The summed E-state index contributed by atoms with van der Waals surface area (Å²) in [5, 5.41) is 6.03. The molecule has 0 fully saturated rings. The van der Waals surface area contributed by atoms with E-state index in [2.05, 4.69) is 193 Å². The number of hydrogen-bond acceptors (Lipinski definition) is 1. The number of allylic oxidation sites excluding steroid dienone is 4. The number of rotatable bonds is 9. The summed E-state index contributed by atoms with van der Waals surface area (Å²) in [7, 11) is 0. The molecule has 8 aromatic rings. The van der Waals surface area contributed by atoms with Crippen LogP contribution in [0.3, 0.4) is 0 Å². The molecule has 0 radical (unpaired) electrons. The Kier molecular flexibility index (Phi) is 8.49. The van der Waals surface area contributed by atoms with Gasteiger partial charge in [0, 0.05) is 28.3 Å². The maximum absolute atomic E-state index is 4.37. The number of nitrogens with zero attached hydrogens (tertiary/aromatic N) is 1. The molecule has 8 rings (SSSR count). The smallest absolute Gasteiger partial charge is 0.0541 e. The lowest BCUT2D eigenvalue weighted by Crippen LogP contribution is -1.94. The van der Waals surface area contributed by atoms with Crippen LogP contribution in [0.4, 0.5) is 5.69 Å². The lowest BCUT2D eigenvalue weighted by atomic mass is 10.0. The van der Waals surface area contributed by atoms with E-state index < -0.39 is 0 Å². The summed E-state index contributed by atoms with van der Waals surface area (Å²) in [5.41, 5.74) is 13.5. The molecule has 0 saturated carbocycles. The van der Waals surface area contributed by atoms with Crippen LogP contribution >= 0.6 is 0 Å².